The summed E-state index contributed by atoms with van der Waals surface area (Å²) in [5.74, 6) is 0. The van der Waals surface area contributed by atoms with Gasteiger partial charge >= 0.3 is 0 Å². The first kappa shape index (κ1) is 17.3. The SMILES string of the molecule is COCCCC1(Cn2ncc(I)c2C)CCCCCCC1. The fourth-order valence-electron chi connectivity index (χ4n) is 3.63. The van der Waals surface area contributed by atoms with Gasteiger partial charge in [0, 0.05) is 26.0 Å². The second-order valence-electron chi connectivity index (χ2n) is 6.60. The van der Waals surface area contributed by atoms with E-state index in [1.807, 2.05) is 13.3 Å². The third-order valence-electron chi connectivity index (χ3n) is 5.00. The lowest BCUT2D eigenvalue weighted by molar-refractivity contribution is 0.121. The first-order valence-corrected chi connectivity index (χ1v) is 9.42. The van der Waals surface area contributed by atoms with Crippen molar-refractivity contribution in [2.24, 2.45) is 5.41 Å². The van der Waals surface area contributed by atoms with Crippen molar-refractivity contribution in [1.82, 2.24) is 9.78 Å². The topological polar surface area (TPSA) is 27.1 Å². The number of nitrogens with zero attached hydrogens (tertiary/aromatic N) is 2. The van der Waals surface area contributed by atoms with Gasteiger partial charge in [0.1, 0.15) is 0 Å². The van der Waals surface area contributed by atoms with Gasteiger partial charge in [0.2, 0.25) is 0 Å². The molecule has 0 saturated heterocycles. The van der Waals surface area contributed by atoms with Gasteiger partial charge in [-0.3, -0.25) is 4.68 Å². The monoisotopic (exact) mass is 404 g/mol. The summed E-state index contributed by atoms with van der Waals surface area (Å²) in [5, 5.41) is 4.61. The predicted molar refractivity (Wildman–Crippen MR) is 95.5 cm³/mol. The molecule has 0 unspecified atom stereocenters. The second kappa shape index (κ2) is 8.51. The van der Waals surface area contributed by atoms with Crippen molar-refractivity contribution in [3.63, 3.8) is 0 Å². The molecule has 0 spiro atoms. The highest BCUT2D eigenvalue weighted by Gasteiger charge is 2.31. The molecule has 1 aromatic heterocycles. The summed E-state index contributed by atoms with van der Waals surface area (Å²) < 4.78 is 8.82. The summed E-state index contributed by atoms with van der Waals surface area (Å²) in [7, 11) is 1.81. The molecule has 0 aliphatic heterocycles. The fraction of sp³-hybridized carbons (Fsp3) is 0.824. The van der Waals surface area contributed by atoms with Crippen molar-refractivity contribution >= 4 is 22.6 Å². The van der Waals surface area contributed by atoms with Crippen LogP contribution in [0.5, 0.6) is 0 Å². The van der Waals surface area contributed by atoms with Gasteiger partial charge in [0.25, 0.3) is 0 Å². The summed E-state index contributed by atoms with van der Waals surface area (Å²) in [4.78, 5) is 0. The van der Waals surface area contributed by atoms with E-state index in [-0.39, 0.29) is 0 Å². The van der Waals surface area contributed by atoms with Gasteiger partial charge in [-0.15, -0.1) is 0 Å². The average Bonchev–Trinajstić information content (AvgIpc) is 2.75. The number of halogens is 1. The molecule has 1 aromatic rings. The molecule has 1 saturated carbocycles. The lowest BCUT2D eigenvalue weighted by Gasteiger charge is -2.36. The van der Waals surface area contributed by atoms with Gasteiger partial charge < -0.3 is 4.74 Å². The molecule has 0 atom stereocenters. The molecule has 21 heavy (non-hydrogen) atoms. The highest BCUT2D eigenvalue weighted by atomic mass is 127. The number of hydrogen-bond acceptors (Lipinski definition) is 2. The zero-order chi connectivity index (χ0) is 15.1. The minimum absolute atomic E-state index is 0.429. The maximum absolute atomic E-state index is 5.29. The van der Waals surface area contributed by atoms with E-state index in [9.17, 15) is 0 Å². The maximum atomic E-state index is 5.29. The van der Waals surface area contributed by atoms with Crippen LogP contribution >= 0.6 is 22.6 Å². The Hall–Kier alpha value is -0.100. The predicted octanol–water partition coefficient (Wildman–Crippen LogP) is 4.95. The third-order valence-corrected chi connectivity index (χ3v) is 6.06. The molecule has 3 nitrogen and oxygen atoms in total. The average molecular weight is 404 g/mol. The van der Waals surface area contributed by atoms with E-state index < -0.39 is 0 Å². The van der Waals surface area contributed by atoms with Crippen molar-refractivity contribution < 1.29 is 4.74 Å². The highest BCUT2D eigenvalue weighted by Crippen LogP contribution is 2.40. The molecule has 1 aliphatic carbocycles. The maximum Gasteiger partial charge on any atom is 0.0626 e. The van der Waals surface area contributed by atoms with Crippen molar-refractivity contribution in [3.8, 4) is 0 Å². The van der Waals surface area contributed by atoms with Crippen LogP contribution in [0.15, 0.2) is 6.20 Å². The van der Waals surface area contributed by atoms with E-state index in [0.29, 0.717) is 5.41 Å². The number of aromatic nitrogens is 2. The number of methoxy groups -OCH3 is 1. The van der Waals surface area contributed by atoms with Crippen molar-refractivity contribution in [1.29, 1.82) is 0 Å². The van der Waals surface area contributed by atoms with Crippen molar-refractivity contribution in [3.05, 3.63) is 15.5 Å². The van der Waals surface area contributed by atoms with Gasteiger partial charge in [-0.2, -0.15) is 5.10 Å². The Morgan fingerprint density at radius 2 is 1.90 bits per heavy atom. The molecular weight excluding hydrogens is 375 g/mol. The quantitative estimate of drug-likeness (QED) is 0.495. The molecule has 1 fully saturated rings. The zero-order valence-electron chi connectivity index (χ0n) is 13.5. The molecule has 0 radical (unpaired) electrons. The largest absolute Gasteiger partial charge is 0.385 e. The van der Waals surface area contributed by atoms with Crippen LogP contribution in [0.3, 0.4) is 0 Å². The van der Waals surface area contributed by atoms with Gasteiger partial charge in [-0.05, 0) is 60.6 Å². The summed E-state index contributed by atoms with van der Waals surface area (Å²) in [6.07, 6.45) is 14.1. The molecule has 0 amide bonds. The van der Waals surface area contributed by atoms with Gasteiger partial charge in [-0.25, -0.2) is 0 Å². The standard InChI is InChI=1S/C17H29IN2O/c1-15-16(18)13-19-20(15)14-17(11-8-12-21-2)9-6-4-3-5-7-10-17/h13H,3-12,14H2,1-2H3. The van der Waals surface area contributed by atoms with E-state index in [2.05, 4.69) is 39.3 Å². The molecule has 0 N–H and O–H groups in total. The van der Waals surface area contributed by atoms with Crippen LogP contribution in [-0.2, 0) is 11.3 Å². The summed E-state index contributed by atoms with van der Waals surface area (Å²) in [6.45, 7) is 4.17. The minimum atomic E-state index is 0.429. The van der Waals surface area contributed by atoms with Crippen molar-refractivity contribution in [2.45, 2.75) is 71.3 Å². The number of rotatable bonds is 6. The van der Waals surface area contributed by atoms with Crippen LogP contribution in [0, 0.1) is 15.9 Å². The Morgan fingerprint density at radius 3 is 2.48 bits per heavy atom. The molecule has 1 aliphatic rings. The van der Waals surface area contributed by atoms with E-state index >= 15 is 0 Å². The van der Waals surface area contributed by atoms with Crippen LogP contribution in [0.1, 0.15) is 63.5 Å². The molecular formula is C17H29IN2O. The molecule has 4 heteroatoms. The van der Waals surface area contributed by atoms with Gasteiger partial charge in [0.15, 0.2) is 0 Å². The fourth-order valence-corrected chi connectivity index (χ4v) is 4.04. The highest BCUT2D eigenvalue weighted by molar-refractivity contribution is 14.1. The first-order valence-electron chi connectivity index (χ1n) is 8.34. The van der Waals surface area contributed by atoms with Crippen LogP contribution < -0.4 is 0 Å². The Kier molecular flexibility index (Phi) is 6.99. The zero-order valence-corrected chi connectivity index (χ0v) is 15.7. The Morgan fingerprint density at radius 1 is 1.24 bits per heavy atom. The molecule has 1 heterocycles. The summed E-state index contributed by atoms with van der Waals surface area (Å²) >= 11 is 2.39. The van der Waals surface area contributed by atoms with E-state index in [4.69, 9.17) is 4.74 Å². The van der Waals surface area contributed by atoms with Crippen LogP contribution in [0.2, 0.25) is 0 Å². The Labute approximate surface area is 143 Å². The minimum Gasteiger partial charge on any atom is -0.385 e. The summed E-state index contributed by atoms with van der Waals surface area (Å²) in [5.41, 5.74) is 1.75. The summed E-state index contributed by atoms with van der Waals surface area (Å²) in [6, 6.07) is 0. The van der Waals surface area contributed by atoms with Crippen LogP contribution in [-0.4, -0.2) is 23.5 Å². The lowest BCUT2D eigenvalue weighted by atomic mass is 9.73. The van der Waals surface area contributed by atoms with E-state index in [1.54, 1.807) is 0 Å². The normalized spacial score (nSPS) is 19.2. The Bertz CT molecular complexity index is 422. The lowest BCUT2D eigenvalue weighted by Crippen LogP contribution is -2.29. The molecule has 0 bridgehead atoms. The first-order chi connectivity index (χ1) is 10.2. The molecule has 120 valence electrons. The smallest absolute Gasteiger partial charge is 0.0626 e. The molecule has 0 aromatic carbocycles. The number of ether oxygens (including phenoxy) is 1. The van der Waals surface area contributed by atoms with Crippen LogP contribution in [0.25, 0.3) is 0 Å². The van der Waals surface area contributed by atoms with Gasteiger partial charge in [-0.1, -0.05) is 32.1 Å². The second-order valence-corrected chi connectivity index (χ2v) is 7.76. The van der Waals surface area contributed by atoms with E-state index in [1.165, 1.54) is 67.1 Å². The Balaban J connectivity index is 2.10. The third kappa shape index (κ3) is 4.95. The number of hydrogen-bond donors (Lipinski definition) is 0. The van der Waals surface area contributed by atoms with Gasteiger partial charge in [0.05, 0.1) is 9.77 Å². The van der Waals surface area contributed by atoms with Crippen LogP contribution in [0.4, 0.5) is 0 Å². The van der Waals surface area contributed by atoms with Crippen molar-refractivity contribution in [2.75, 3.05) is 13.7 Å². The molecule has 2 rings (SSSR count). The van der Waals surface area contributed by atoms with E-state index in [0.717, 1.165) is 13.2 Å².